The van der Waals surface area contributed by atoms with Gasteiger partial charge in [0.05, 0.1) is 11.1 Å². The first-order valence-electron chi connectivity index (χ1n) is 3.28. The fourth-order valence-electron chi connectivity index (χ4n) is 1.09. The smallest absolute Gasteiger partial charge is 0.267 e. The molecule has 1 aromatic rings. The lowest BCUT2D eigenvalue weighted by atomic mass is 10.1. The van der Waals surface area contributed by atoms with E-state index in [1.165, 1.54) is 12.1 Å². The summed E-state index contributed by atoms with van der Waals surface area (Å²) in [6.45, 7) is 0. The van der Waals surface area contributed by atoms with Crippen molar-refractivity contribution in [2.24, 2.45) is 0 Å². The SMILES string of the molecule is O=C1[N]C(=O)c2cc(Cl)ccc21. The van der Waals surface area contributed by atoms with Gasteiger partial charge in [-0.25, -0.2) is 0 Å². The van der Waals surface area contributed by atoms with E-state index in [1.54, 1.807) is 6.07 Å². The summed E-state index contributed by atoms with van der Waals surface area (Å²) in [6.07, 6.45) is 0. The summed E-state index contributed by atoms with van der Waals surface area (Å²) in [7, 11) is 0. The summed E-state index contributed by atoms with van der Waals surface area (Å²) in [5.74, 6) is -0.982. The molecule has 1 radical (unpaired) electrons. The molecule has 0 saturated carbocycles. The molecular formula is C8H3ClNO2. The molecule has 12 heavy (non-hydrogen) atoms. The van der Waals surface area contributed by atoms with E-state index in [0.717, 1.165) is 0 Å². The minimum absolute atomic E-state index is 0.299. The van der Waals surface area contributed by atoms with Crippen molar-refractivity contribution in [2.75, 3.05) is 0 Å². The van der Waals surface area contributed by atoms with E-state index in [2.05, 4.69) is 5.32 Å². The van der Waals surface area contributed by atoms with Crippen molar-refractivity contribution in [1.29, 1.82) is 0 Å². The highest BCUT2D eigenvalue weighted by atomic mass is 35.5. The maximum Gasteiger partial charge on any atom is 0.281 e. The van der Waals surface area contributed by atoms with Crippen LogP contribution in [0.1, 0.15) is 20.7 Å². The first-order valence-corrected chi connectivity index (χ1v) is 3.66. The zero-order chi connectivity index (χ0) is 8.72. The number of nitrogens with zero attached hydrogens (tertiary/aromatic N) is 1. The van der Waals surface area contributed by atoms with E-state index in [0.29, 0.717) is 16.1 Å². The van der Waals surface area contributed by atoms with Gasteiger partial charge in [-0.05, 0) is 18.2 Å². The number of carbonyl (C=O) groups is 2. The molecule has 0 N–H and O–H groups in total. The van der Waals surface area contributed by atoms with Crippen LogP contribution < -0.4 is 5.32 Å². The number of amides is 2. The number of fused-ring (bicyclic) bond motifs is 1. The largest absolute Gasteiger partial charge is 0.281 e. The summed E-state index contributed by atoms with van der Waals surface area (Å²) >= 11 is 5.63. The monoisotopic (exact) mass is 180 g/mol. The highest BCUT2D eigenvalue weighted by Crippen LogP contribution is 2.20. The number of hydrogen-bond donors (Lipinski definition) is 0. The standard InChI is InChI=1S/C8H3ClNO2/c9-4-1-2-5-6(3-4)8(12)10-7(5)11/h1-3H. The maximum atomic E-state index is 11.0. The lowest BCUT2D eigenvalue weighted by molar-refractivity contribution is 0.0873. The van der Waals surface area contributed by atoms with Gasteiger partial charge in [0.1, 0.15) is 0 Å². The zero-order valence-corrected chi connectivity index (χ0v) is 6.63. The molecule has 1 aliphatic rings. The molecule has 0 fully saturated rings. The molecular weight excluding hydrogens is 178 g/mol. The van der Waals surface area contributed by atoms with Crippen LogP contribution >= 0.6 is 11.6 Å². The summed E-state index contributed by atoms with van der Waals surface area (Å²) in [5.41, 5.74) is 0.636. The third-order valence-electron chi connectivity index (χ3n) is 1.65. The predicted molar refractivity (Wildman–Crippen MR) is 42.2 cm³/mol. The molecule has 1 heterocycles. The first kappa shape index (κ1) is 7.31. The number of halogens is 1. The molecule has 2 rings (SSSR count). The Bertz CT molecular complexity index is 387. The van der Waals surface area contributed by atoms with Gasteiger partial charge in [-0.1, -0.05) is 11.6 Å². The predicted octanol–water partition coefficient (Wildman–Crippen LogP) is 1.24. The van der Waals surface area contributed by atoms with Crippen LogP contribution in [0.4, 0.5) is 0 Å². The molecule has 59 valence electrons. The van der Waals surface area contributed by atoms with Crippen molar-refractivity contribution >= 4 is 23.4 Å². The molecule has 2 amide bonds. The molecule has 0 atom stereocenters. The third-order valence-corrected chi connectivity index (χ3v) is 1.88. The van der Waals surface area contributed by atoms with E-state index >= 15 is 0 Å². The maximum absolute atomic E-state index is 11.0. The van der Waals surface area contributed by atoms with Crippen molar-refractivity contribution < 1.29 is 9.59 Å². The second-order valence-electron chi connectivity index (χ2n) is 2.41. The average molecular weight is 181 g/mol. The van der Waals surface area contributed by atoms with Crippen molar-refractivity contribution in [1.82, 2.24) is 5.32 Å². The number of hydrogen-bond acceptors (Lipinski definition) is 2. The van der Waals surface area contributed by atoms with E-state index in [-0.39, 0.29) is 0 Å². The molecule has 1 aromatic carbocycles. The Morgan fingerprint density at radius 2 is 1.75 bits per heavy atom. The molecule has 1 aliphatic heterocycles. The second-order valence-corrected chi connectivity index (χ2v) is 2.85. The van der Waals surface area contributed by atoms with Gasteiger partial charge in [-0.3, -0.25) is 9.59 Å². The van der Waals surface area contributed by atoms with Crippen LogP contribution in [0, 0.1) is 0 Å². The Morgan fingerprint density at radius 3 is 2.50 bits per heavy atom. The van der Waals surface area contributed by atoms with Crippen LogP contribution in [-0.4, -0.2) is 11.8 Å². The number of benzene rings is 1. The van der Waals surface area contributed by atoms with Crippen LogP contribution in [0.5, 0.6) is 0 Å². The molecule has 0 bridgehead atoms. The van der Waals surface area contributed by atoms with Gasteiger partial charge in [0.2, 0.25) is 0 Å². The van der Waals surface area contributed by atoms with E-state index < -0.39 is 11.8 Å². The van der Waals surface area contributed by atoms with Crippen molar-refractivity contribution in [3.8, 4) is 0 Å². The van der Waals surface area contributed by atoms with Gasteiger partial charge in [0.15, 0.2) is 0 Å². The Balaban J connectivity index is 2.68. The van der Waals surface area contributed by atoms with Crippen LogP contribution in [0.15, 0.2) is 18.2 Å². The van der Waals surface area contributed by atoms with Gasteiger partial charge < -0.3 is 0 Å². The van der Waals surface area contributed by atoms with Crippen LogP contribution in [0.3, 0.4) is 0 Å². The molecule has 4 heteroatoms. The van der Waals surface area contributed by atoms with Gasteiger partial charge in [0, 0.05) is 5.02 Å². The molecule has 0 aromatic heterocycles. The average Bonchev–Trinajstić information content (AvgIpc) is 2.28. The normalized spacial score (nSPS) is 14.4. The van der Waals surface area contributed by atoms with Gasteiger partial charge in [0.25, 0.3) is 11.8 Å². The Kier molecular flexibility index (Phi) is 1.41. The van der Waals surface area contributed by atoms with Gasteiger partial charge >= 0.3 is 0 Å². The molecule has 0 aliphatic carbocycles. The minimum atomic E-state index is -0.502. The van der Waals surface area contributed by atoms with Crippen molar-refractivity contribution in [3.05, 3.63) is 34.3 Å². The lowest BCUT2D eigenvalue weighted by Crippen LogP contribution is -2.10. The zero-order valence-electron chi connectivity index (χ0n) is 5.87. The summed E-state index contributed by atoms with van der Waals surface area (Å²) in [4.78, 5) is 21.9. The number of rotatable bonds is 0. The minimum Gasteiger partial charge on any atom is -0.267 e. The van der Waals surface area contributed by atoms with E-state index in [4.69, 9.17) is 11.6 Å². The fourth-order valence-corrected chi connectivity index (χ4v) is 1.26. The Morgan fingerprint density at radius 1 is 1.08 bits per heavy atom. The van der Waals surface area contributed by atoms with Gasteiger partial charge in [-0.2, -0.15) is 5.32 Å². The second kappa shape index (κ2) is 2.32. The fraction of sp³-hybridized carbons (Fsp3) is 0. The first-order chi connectivity index (χ1) is 5.68. The van der Waals surface area contributed by atoms with Gasteiger partial charge in [-0.15, -0.1) is 0 Å². The number of carbonyl (C=O) groups excluding carboxylic acids is 2. The molecule has 0 spiro atoms. The Labute approximate surface area is 73.3 Å². The van der Waals surface area contributed by atoms with Crippen LogP contribution in [0.25, 0.3) is 0 Å². The highest BCUT2D eigenvalue weighted by Gasteiger charge is 2.28. The molecule has 0 unspecified atom stereocenters. The van der Waals surface area contributed by atoms with Crippen LogP contribution in [-0.2, 0) is 0 Å². The summed E-state index contributed by atoms with van der Waals surface area (Å²) < 4.78 is 0. The van der Waals surface area contributed by atoms with Crippen molar-refractivity contribution in [3.63, 3.8) is 0 Å². The molecule has 3 nitrogen and oxygen atoms in total. The van der Waals surface area contributed by atoms with E-state index in [9.17, 15) is 9.59 Å². The topological polar surface area (TPSA) is 48.2 Å². The summed E-state index contributed by atoms with van der Waals surface area (Å²) in [5, 5.41) is 3.70. The lowest BCUT2D eigenvalue weighted by Gasteiger charge is -1.92. The molecule has 0 saturated heterocycles. The van der Waals surface area contributed by atoms with E-state index in [1.807, 2.05) is 0 Å². The Hall–Kier alpha value is -1.35. The number of imide groups is 1. The third kappa shape index (κ3) is 0.905. The highest BCUT2D eigenvalue weighted by molar-refractivity contribution is 6.32. The van der Waals surface area contributed by atoms with Crippen LogP contribution in [0.2, 0.25) is 5.02 Å². The quantitative estimate of drug-likeness (QED) is 0.564. The van der Waals surface area contributed by atoms with Crippen molar-refractivity contribution in [2.45, 2.75) is 0 Å². The summed E-state index contributed by atoms with van der Waals surface area (Å²) in [6, 6.07) is 4.52.